The van der Waals surface area contributed by atoms with E-state index in [1.807, 2.05) is 24.0 Å². The first-order valence-corrected chi connectivity index (χ1v) is 8.12. The smallest absolute Gasteiger partial charge is 0.550 e. The van der Waals surface area contributed by atoms with Crippen LogP contribution in [0.5, 0.6) is 0 Å². The molecule has 0 heterocycles. The minimum Gasteiger partial charge on any atom is -0.550 e. The fraction of sp³-hybridized carbons (Fsp3) is 0.235. The third-order valence-corrected chi connectivity index (χ3v) is 3.75. The number of anilines is 3. The van der Waals surface area contributed by atoms with Crippen LogP contribution in [0.15, 0.2) is 42.5 Å². The van der Waals surface area contributed by atoms with Gasteiger partial charge in [-0.3, -0.25) is 10.1 Å². The third-order valence-electron chi connectivity index (χ3n) is 3.42. The number of nitro benzene ring substituents is 1. The molecule has 0 bridgehead atoms. The van der Waals surface area contributed by atoms with Crippen molar-refractivity contribution in [3.8, 4) is 0 Å². The van der Waals surface area contributed by atoms with E-state index in [9.17, 15) is 20.0 Å². The monoisotopic (exact) mass is 402 g/mol. The second kappa shape index (κ2) is 12.4. The molecule has 2 aromatic rings. The van der Waals surface area contributed by atoms with Gasteiger partial charge in [-0.15, -0.1) is 0 Å². The molecule has 0 amide bonds. The van der Waals surface area contributed by atoms with E-state index in [0.717, 1.165) is 12.2 Å². The maximum Gasteiger partial charge on any atom is 1.00 e. The zero-order valence-electron chi connectivity index (χ0n) is 15.2. The number of nitrogens with zero attached hydrogens (tertiary/aromatic N) is 2. The first-order chi connectivity index (χ1) is 12.2. The second-order valence-electron chi connectivity index (χ2n) is 5.26. The number of halogens is 1. The Morgan fingerprint density at radius 2 is 1.78 bits per heavy atom. The van der Waals surface area contributed by atoms with E-state index in [0.29, 0.717) is 17.9 Å². The summed E-state index contributed by atoms with van der Waals surface area (Å²) in [5.41, 5.74) is 12.9. The molecule has 4 N–H and O–H groups in total. The number of carboxylic acids is 1. The fourth-order valence-corrected chi connectivity index (χ4v) is 2.19. The number of aliphatic carboxylic acids is 1. The van der Waals surface area contributed by atoms with E-state index in [-0.39, 0.29) is 46.7 Å². The van der Waals surface area contributed by atoms with Gasteiger partial charge in [-0.2, -0.15) is 0 Å². The van der Waals surface area contributed by atoms with Crippen LogP contribution >= 0.6 is 11.6 Å². The summed E-state index contributed by atoms with van der Waals surface area (Å²) in [6.07, 6.45) is 0.0399. The third kappa shape index (κ3) is 8.96. The molecule has 0 aliphatic carbocycles. The van der Waals surface area contributed by atoms with E-state index in [4.69, 9.17) is 23.1 Å². The van der Waals surface area contributed by atoms with Crippen molar-refractivity contribution in [3.05, 3.63) is 57.6 Å². The predicted octanol–water partition coefficient (Wildman–Crippen LogP) is -0.930. The second-order valence-corrected chi connectivity index (χ2v) is 5.66. The molecule has 8 nitrogen and oxygen atoms in total. The first-order valence-electron chi connectivity index (χ1n) is 7.74. The largest absolute Gasteiger partial charge is 1.00 e. The van der Waals surface area contributed by atoms with Crippen LogP contribution < -0.4 is 51.0 Å². The summed E-state index contributed by atoms with van der Waals surface area (Å²) in [5, 5.41) is 20.7. The zero-order valence-corrected chi connectivity index (χ0v) is 18.0. The molecule has 0 aliphatic rings. The van der Waals surface area contributed by atoms with Crippen molar-refractivity contribution < 1.29 is 44.4 Å². The number of carboxylic acid groups (broad SMARTS) is 1. The molecule has 0 saturated heterocycles. The van der Waals surface area contributed by atoms with Crippen molar-refractivity contribution in [1.82, 2.24) is 0 Å². The molecule has 10 heteroatoms. The van der Waals surface area contributed by atoms with E-state index >= 15 is 0 Å². The first kappa shape index (κ1) is 25.0. The zero-order chi connectivity index (χ0) is 19.7. The summed E-state index contributed by atoms with van der Waals surface area (Å²) in [6, 6.07) is 11.3. The molecule has 0 saturated carbocycles. The Morgan fingerprint density at radius 1 is 1.19 bits per heavy atom. The maximum absolute atomic E-state index is 10.3. The van der Waals surface area contributed by atoms with Crippen molar-refractivity contribution >= 4 is 40.3 Å². The van der Waals surface area contributed by atoms with Crippen LogP contribution in [0.25, 0.3) is 0 Å². The minimum absolute atomic E-state index is 0. The molecule has 0 radical (unpaired) electrons. The molecule has 0 fully saturated rings. The van der Waals surface area contributed by atoms with Crippen LogP contribution in [0.2, 0.25) is 5.02 Å². The van der Waals surface area contributed by atoms with Crippen LogP contribution in [-0.4, -0.2) is 24.0 Å². The Bertz CT molecular complexity index is 759. The summed E-state index contributed by atoms with van der Waals surface area (Å²) >= 11 is 5.53. The van der Waals surface area contributed by atoms with Crippen molar-refractivity contribution in [1.29, 1.82) is 0 Å². The molecule has 2 rings (SSSR count). The van der Waals surface area contributed by atoms with E-state index in [1.165, 1.54) is 18.2 Å². The van der Waals surface area contributed by atoms with Crippen molar-refractivity contribution in [2.75, 3.05) is 29.5 Å². The van der Waals surface area contributed by atoms with E-state index in [2.05, 4.69) is 0 Å². The van der Waals surface area contributed by atoms with Crippen molar-refractivity contribution in [3.63, 3.8) is 0 Å². The normalized spacial score (nSPS) is 9.41. The number of hydrogen-bond donors (Lipinski definition) is 2. The number of nitrogen functional groups attached to an aromatic ring is 2. The van der Waals surface area contributed by atoms with E-state index in [1.54, 1.807) is 12.1 Å². The standard InChI is InChI=1S/C11H16N2O2.C6H5ClN2O2.Na/c1-2-13(8-7-11(14)15)10-5-3-9(12)4-6-10;7-5-3-4(9(10)11)1-2-6(5)8;/h3-6H,2,7-8,12H2,1H3,(H,14,15);1-3H,8H2;/q;;+1/p-1. The Hall–Kier alpha value is -2.00. The fourth-order valence-electron chi connectivity index (χ4n) is 2.01. The van der Waals surface area contributed by atoms with Gasteiger partial charge in [0.05, 0.1) is 15.6 Å². The van der Waals surface area contributed by atoms with Crippen LogP contribution in [0, 0.1) is 10.1 Å². The van der Waals surface area contributed by atoms with Gasteiger partial charge >= 0.3 is 29.6 Å². The number of rotatable bonds is 6. The molecule has 27 heavy (non-hydrogen) atoms. The molecule has 0 aliphatic heterocycles. The summed E-state index contributed by atoms with van der Waals surface area (Å²) in [5.74, 6) is -1.02. The van der Waals surface area contributed by atoms with E-state index < -0.39 is 10.9 Å². The number of nitro groups is 1. The topological polar surface area (TPSA) is 139 Å². The predicted molar refractivity (Wildman–Crippen MR) is 101 cm³/mol. The number of carbonyl (C=O) groups excluding carboxylic acids is 1. The average molecular weight is 403 g/mol. The summed E-state index contributed by atoms with van der Waals surface area (Å²) in [7, 11) is 0. The summed E-state index contributed by atoms with van der Waals surface area (Å²) in [6.45, 7) is 3.20. The number of hydrogen-bond acceptors (Lipinski definition) is 7. The Labute approximate surface area is 184 Å². The molecular weight excluding hydrogens is 383 g/mol. The number of non-ortho nitro benzene ring substituents is 1. The summed E-state index contributed by atoms with van der Waals surface area (Å²) in [4.78, 5) is 22.0. The van der Waals surface area contributed by atoms with Gasteiger partial charge in [-0.25, -0.2) is 0 Å². The SMILES string of the molecule is CCN(CCC(=O)[O-])c1ccc(N)cc1.Nc1ccc([N+](=O)[O-])cc1Cl.[Na+]. The van der Waals surface area contributed by atoms with Gasteiger partial charge < -0.3 is 26.3 Å². The quantitative estimate of drug-likeness (QED) is 0.275. The molecule has 0 unspecified atom stereocenters. The van der Waals surface area contributed by atoms with Crippen LogP contribution in [0.3, 0.4) is 0 Å². The molecule has 140 valence electrons. The average Bonchev–Trinajstić information content (AvgIpc) is 2.59. The molecule has 0 aromatic heterocycles. The van der Waals surface area contributed by atoms with Crippen molar-refractivity contribution in [2.24, 2.45) is 0 Å². The van der Waals surface area contributed by atoms with Gasteiger partial charge in [0.25, 0.3) is 5.69 Å². The Morgan fingerprint density at radius 3 is 2.22 bits per heavy atom. The van der Waals surface area contributed by atoms with Gasteiger partial charge in [0.1, 0.15) is 0 Å². The van der Waals surface area contributed by atoms with Crippen molar-refractivity contribution in [2.45, 2.75) is 13.3 Å². The number of carbonyl (C=O) groups is 1. The number of nitrogens with two attached hydrogens (primary N) is 2. The number of benzene rings is 2. The van der Waals surface area contributed by atoms with Crippen LogP contribution in [0.1, 0.15) is 13.3 Å². The molecule has 0 spiro atoms. The Kier molecular flexibility index (Phi) is 11.5. The molecular formula is C17H20ClN4NaO4. The molecule has 2 aromatic carbocycles. The van der Waals surface area contributed by atoms with Gasteiger partial charge in [0.15, 0.2) is 0 Å². The molecule has 0 atom stereocenters. The van der Waals surface area contributed by atoms with Gasteiger partial charge in [-0.05, 0) is 37.3 Å². The maximum atomic E-state index is 10.3. The van der Waals surface area contributed by atoms with Crippen LogP contribution in [-0.2, 0) is 4.79 Å². The Balaban J connectivity index is 0.000000504. The summed E-state index contributed by atoms with van der Waals surface area (Å²) < 4.78 is 0. The van der Waals surface area contributed by atoms with Crippen LogP contribution in [0.4, 0.5) is 22.7 Å². The van der Waals surface area contributed by atoms with Gasteiger partial charge in [0.2, 0.25) is 0 Å². The van der Waals surface area contributed by atoms with Gasteiger partial charge in [-0.1, -0.05) is 11.6 Å². The minimum atomic E-state index is -1.02. The van der Waals surface area contributed by atoms with Gasteiger partial charge in [0, 0.05) is 49.0 Å².